The van der Waals surface area contributed by atoms with E-state index in [1.54, 1.807) is 0 Å². The second-order valence-electron chi connectivity index (χ2n) is 7.30. The van der Waals surface area contributed by atoms with Crippen molar-refractivity contribution in [2.24, 2.45) is 11.7 Å². The number of hydrogen-bond donors (Lipinski definition) is 2. The molecule has 0 aromatic heterocycles. The van der Waals surface area contributed by atoms with Crippen LogP contribution in [0, 0.1) is 11.3 Å². The van der Waals surface area contributed by atoms with Crippen LogP contribution in [-0.4, -0.2) is 5.84 Å². The third kappa shape index (κ3) is 3.90. The van der Waals surface area contributed by atoms with Crippen molar-refractivity contribution in [3.63, 3.8) is 0 Å². The SMILES string of the molecule is CC(C)(C1=CCC(C(=N)N)C=C1)c1ccc(Cc2ccccc2)cc1. The number of nitrogens with two attached hydrogens (primary N) is 1. The molecule has 0 fully saturated rings. The Kier molecular flexibility index (Phi) is 4.89. The second kappa shape index (κ2) is 7.10. The van der Waals surface area contributed by atoms with Crippen molar-refractivity contribution in [3.8, 4) is 0 Å². The van der Waals surface area contributed by atoms with E-state index in [1.807, 2.05) is 0 Å². The van der Waals surface area contributed by atoms with E-state index in [1.165, 1.54) is 22.3 Å². The molecule has 2 heteroatoms. The molecule has 128 valence electrons. The van der Waals surface area contributed by atoms with E-state index in [-0.39, 0.29) is 17.2 Å². The van der Waals surface area contributed by atoms with Crippen molar-refractivity contribution in [2.45, 2.75) is 32.1 Å². The van der Waals surface area contributed by atoms with Crippen LogP contribution in [0.2, 0.25) is 0 Å². The third-order valence-electron chi connectivity index (χ3n) is 5.15. The van der Waals surface area contributed by atoms with Gasteiger partial charge in [-0.05, 0) is 35.1 Å². The minimum atomic E-state index is -0.0520. The van der Waals surface area contributed by atoms with Gasteiger partial charge in [-0.3, -0.25) is 5.41 Å². The quantitative estimate of drug-likeness (QED) is 0.588. The maximum atomic E-state index is 7.59. The van der Waals surface area contributed by atoms with Gasteiger partial charge in [-0.15, -0.1) is 0 Å². The fourth-order valence-electron chi connectivity index (χ4n) is 3.35. The molecule has 0 saturated heterocycles. The van der Waals surface area contributed by atoms with Gasteiger partial charge in [0.25, 0.3) is 0 Å². The molecule has 1 unspecified atom stereocenters. The minimum Gasteiger partial charge on any atom is -0.387 e. The largest absolute Gasteiger partial charge is 0.387 e. The lowest BCUT2D eigenvalue weighted by Gasteiger charge is -2.30. The van der Waals surface area contributed by atoms with Crippen LogP contribution in [-0.2, 0) is 11.8 Å². The second-order valence-corrected chi connectivity index (χ2v) is 7.30. The molecule has 2 aromatic carbocycles. The van der Waals surface area contributed by atoms with Gasteiger partial charge < -0.3 is 5.73 Å². The van der Waals surface area contributed by atoms with E-state index in [9.17, 15) is 0 Å². The summed E-state index contributed by atoms with van der Waals surface area (Å²) in [5.41, 5.74) is 10.8. The first kappa shape index (κ1) is 17.2. The van der Waals surface area contributed by atoms with Crippen LogP contribution < -0.4 is 5.73 Å². The Morgan fingerprint density at radius 2 is 1.68 bits per heavy atom. The fraction of sp³-hybridized carbons (Fsp3) is 0.261. The summed E-state index contributed by atoms with van der Waals surface area (Å²) in [6.07, 6.45) is 8.20. The van der Waals surface area contributed by atoms with Crippen molar-refractivity contribution in [1.29, 1.82) is 5.41 Å². The van der Waals surface area contributed by atoms with Crippen molar-refractivity contribution < 1.29 is 0 Å². The first-order valence-corrected chi connectivity index (χ1v) is 8.83. The van der Waals surface area contributed by atoms with Gasteiger partial charge in [0.15, 0.2) is 0 Å². The molecule has 0 amide bonds. The van der Waals surface area contributed by atoms with E-state index < -0.39 is 0 Å². The number of hydrogen-bond acceptors (Lipinski definition) is 1. The molecule has 2 nitrogen and oxygen atoms in total. The molecule has 0 aliphatic heterocycles. The van der Waals surface area contributed by atoms with Crippen LogP contribution in [0.25, 0.3) is 0 Å². The highest BCUT2D eigenvalue weighted by molar-refractivity contribution is 5.82. The van der Waals surface area contributed by atoms with Crippen molar-refractivity contribution in [2.75, 3.05) is 0 Å². The summed E-state index contributed by atoms with van der Waals surface area (Å²) in [4.78, 5) is 0. The molecule has 2 aromatic rings. The van der Waals surface area contributed by atoms with Gasteiger partial charge in [0, 0.05) is 11.3 Å². The summed E-state index contributed by atoms with van der Waals surface area (Å²) >= 11 is 0. The first-order chi connectivity index (χ1) is 12.0. The van der Waals surface area contributed by atoms with Crippen LogP contribution in [0.3, 0.4) is 0 Å². The van der Waals surface area contributed by atoms with Gasteiger partial charge in [-0.1, -0.05) is 86.7 Å². The number of allylic oxidation sites excluding steroid dienone is 3. The van der Waals surface area contributed by atoms with Gasteiger partial charge in [0.2, 0.25) is 0 Å². The Bertz CT molecular complexity index is 796. The summed E-state index contributed by atoms with van der Waals surface area (Å²) in [5, 5.41) is 7.59. The molecule has 1 atom stereocenters. The van der Waals surface area contributed by atoms with Crippen molar-refractivity contribution >= 4 is 5.84 Å². The summed E-state index contributed by atoms with van der Waals surface area (Å²) in [7, 11) is 0. The number of rotatable bonds is 5. The normalized spacial score (nSPS) is 17.2. The number of benzene rings is 2. The standard InChI is InChI=1S/C23H26N2/c1-23(2,21-14-10-19(11-15-21)22(24)25)20-12-8-18(9-13-20)16-17-6-4-3-5-7-17/h3-10,12-15,19H,11,16H2,1-2H3,(H3,24,25). The molecule has 0 heterocycles. The smallest absolute Gasteiger partial charge is 0.0978 e. The minimum absolute atomic E-state index is 0.0489. The van der Waals surface area contributed by atoms with Gasteiger partial charge in [-0.2, -0.15) is 0 Å². The summed E-state index contributed by atoms with van der Waals surface area (Å²) in [5.74, 6) is 0.294. The zero-order valence-electron chi connectivity index (χ0n) is 15.0. The highest BCUT2D eigenvalue weighted by Crippen LogP contribution is 2.35. The zero-order chi connectivity index (χ0) is 17.9. The number of nitrogens with one attached hydrogen (secondary N) is 1. The summed E-state index contributed by atoms with van der Waals surface area (Å²) in [6, 6.07) is 19.5. The molecule has 0 radical (unpaired) electrons. The summed E-state index contributed by atoms with van der Waals surface area (Å²) in [6.45, 7) is 4.51. The van der Waals surface area contributed by atoms with Crippen LogP contribution in [0.1, 0.15) is 37.0 Å². The maximum absolute atomic E-state index is 7.59. The highest BCUT2D eigenvalue weighted by Gasteiger charge is 2.26. The van der Waals surface area contributed by atoms with Gasteiger partial charge in [0.1, 0.15) is 0 Å². The van der Waals surface area contributed by atoms with E-state index in [0.717, 1.165) is 12.8 Å². The molecule has 0 spiro atoms. The maximum Gasteiger partial charge on any atom is 0.0978 e. The fourth-order valence-corrected chi connectivity index (χ4v) is 3.35. The molecule has 3 N–H and O–H groups in total. The average molecular weight is 330 g/mol. The topological polar surface area (TPSA) is 49.9 Å². The Morgan fingerprint density at radius 1 is 1.04 bits per heavy atom. The molecular formula is C23H26N2. The van der Waals surface area contributed by atoms with Crippen LogP contribution in [0.15, 0.2) is 78.4 Å². The van der Waals surface area contributed by atoms with Crippen molar-refractivity contribution in [3.05, 3.63) is 95.1 Å². The molecule has 0 saturated carbocycles. The van der Waals surface area contributed by atoms with Crippen LogP contribution >= 0.6 is 0 Å². The third-order valence-corrected chi connectivity index (χ3v) is 5.15. The van der Waals surface area contributed by atoms with Crippen molar-refractivity contribution in [1.82, 2.24) is 0 Å². The van der Waals surface area contributed by atoms with Gasteiger partial charge in [0.05, 0.1) is 5.84 Å². The Labute approximate surface area is 150 Å². The van der Waals surface area contributed by atoms with E-state index in [0.29, 0.717) is 0 Å². The molecule has 1 aliphatic rings. The van der Waals surface area contributed by atoms with E-state index in [2.05, 4.69) is 86.7 Å². The van der Waals surface area contributed by atoms with E-state index >= 15 is 0 Å². The number of amidine groups is 1. The zero-order valence-corrected chi connectivity index (χ0v) is 15.0. The molecule has 3 rings (SSSR count). The summed E-state index contributed by atoms with van der Waals surface area (Å²) < 4.78 is 0. The molecule has 0 bridgehead atoms. The predicted molar refractivity (Wildman–Crippen MR) is 106 cm³/mol. The highest BCUT2D eigenvalue weighted by atomic mass is 14.7. The molecule has 25 heavy (non-hydrogen) atoms. The predicted octanol–water partition coefficient (Wildman–Crippen LogP) is 4.99. The average Bonchev–Trinajstić information content (AvgIpc) is 2.63. The lowest BCUT2D eigenvalue weighted by molar-refractivity contribution is 0.625. The Morgan fingerprint density at radius 3 is 2.24 bits per heavy atom. The van der Waals surface area contributed by atoms with Gasteiger partial charge in [-0.25, -0.2) is 0 Å². The molecular weight excluding hydrogens is 304 g/mol. The monoisotopic (exact) mass is 330 g/mol. The first-order valence-electron chi connectivity index (χ1n) is 8.83. The van der Waals surface area contributed by atoms with Crippen LogP contribution in [0.5, 0.6) is 0 Å². The van der Waals surface area contributed by atoms with Gasteiger partial charge >= 0.3 is 0 Å². The lowest BCUT2D eigenvalue weighted by Crippen LogP contribution is -2.25. The van der Waals surface area contributed by atoms with E-state index in [4.69, 9.17) is 11.1 Å². The molecule has 1 aliphatic carbocycles. The lowest BCUT2D eigenvalue weighted by atomic mass is 9.74. The van der Waals surface area contributed by atoms with Crippen LogP contribution in [0.4, 0.5) is 0 Å². The Hall–Kier alpha value is -2.61. The Balaban J connectivity index is 1.75.